The van der Waals surface area contributed by atoms with E-state index in [2.05, 4.69) is 22.1 Å². The first-order valence-electron chi connectivity index (χ1n) is 12.0. The molecule has 0 spiro atoms. The van der Waals surface area contributed by atoms with Gasteiger partial charge >= 0.3 is 6.03 Å². The molecule has 2 heterocycles. The minimum atomic E-state index is -0.419. The van der Waals surface area contributed by atoms with Gasteiger partial charge in [-0.25, -0.2) is 9.78 Å². The molecule has 1 aliphatic carbocycles. The molecular weight excluding hydrogens is 444 g/mol. The molecular formula is C27H32N4O4. The number of anilines is 1. The average Bonchev–Trinajstić information content (AvgIpc) is 3.69. The molecule has 3 atom stereocenters. The number of carbonyl (C=O) groups excluding carboxylic acids is 2. The molecule has 0 saturated heterocycles. The number of aromatic nitrogens is 1. The number of rotatable bonds is 5. The zero-order chi connectivity index (χ0) is 24.9. The van der Waals surface area contributed by atoms with E-state index < -0.39 is 6.10 Å². The highest BCUT2D eigenvalue weighted by Gasteiger charge is 2.34. The van der Waals surface area contributed by atoms with E-state index in [9.17, 15) is 14.7 Å². The van der Waals surface area contributed by atoms with E-state index in [1.807, 2.05) is 44.2 Å². The predicted molar refractivity (Wildman–Crippen MR) is 133 cm³/mol. The number of aliphatic hydroxyl groups is 1. The van der Waals surface area contributed by atoms with Gasteiger partial charge in [0.25, 0.3) is 5.91 Å². The van der Waals surface area contributed by atoms with Gasteiger partial charge in [0.05, 0.1) is 19.2 Å². The Kier molecular flexibility index (Phi) is 7.57. The Morgan fingerprint density at radius 1 is 1.34 bits per heavy atom. The lowest BCUT2D eigenvalue weighted by atomic mass is 10.00. The number of amides is 3. The zero-order valence-electron chi connectivity index (χ0n) is 20.4. The molecule has 1 aromatic heterocycles. The Bertz CT molecular complexity index is 1120. The largest absolute Gasteiger partial charge is 0.472 e. The van der Waals surface area contributed by atoms with Crippen molar-refractivity contribution in [2.24, 2.45) is 11.8 Å². The van der Waals surface area contributed by atoms with Crippen molar-refractivity contribution in [3.8, 4) is 17.7 Å². The summed E-state index contributed by atoms with van der Waals surface area (Å²) in [4.78, 5) is 33.9. The third kappa shape index (κ3) is 6.11. The number of hydrogen-bond acceptors (Lipinski definition) is 5. The maximum absolute atomic E-state index is 13.5. The molecule has 1 fully saturated rings. The Balaban J connectivity index is 1.58. The number of para-hydroxylation sites is 1. The van der Waals surface area contributed by atoms with E-state index in [0.717, 1.165) is 12.8 Å². The quantitative estimate of drug-likeness (QED) is 0.646. The normalized spacial score (nSPS) is 20.3. The molecule has 4 rings (SSSR count). The van der Waals surface area contributed by atoms with Crippen molar-refractivity contribution < 1.29 is 19.4 Å². The molecule has 2 N–H and O–H groups in total. The Labute approximate surface area is 206 Å². The molecule has 2 aromatic rings. The molecule has 8 heteroatoms. The van der Waals surface area contributed by atoms with E-state index >= 15 is 0 Å². The van der Waals surface area contributed by atoms with Gasteiger partial charge in [0, 0.05) is 42.9 Å². The number of aliphatic hydroxyl groups excluding tert-OH is 1. The van der Waals surface area contributed by atoms with Crippen LogP contribution >= 0.6 is 0 Å². The molecule has 3 amide bonds. The zero-order valence-corrected chi connectivity index (χ0v) is 20.4. The first-order chi connectivity index (χ1) is 16.9. The second-order valence-corrected chi connectivity index (χ2v) is 9.42. The van der Waals surface area contributed by atoms with Crippen molar-refractivity contribution in [3.63, 3.8) is 0 Å². The smallest absolute Gasteiger partial charge is 0.321 e. The minimum absolute atomic E-state index is 0.121. The van der Waals surface area contributed by atoms with Gasteiger partial charge in [0.15, 0.2) is 0 Å². The number of urea groups is 1. The lowest BCUT2D eigenvalue weighted by Crippen LogP contribution is -2.50. The topological polar surface area (TPSA) is 95.0 Å². The second-order valence-electron chi connectivity index (χ2n) is 9.42. The van der Waals surface area contributed by atoms with Crippen LogP contribution in [-0.4, -0.2) is 70.7 Å². The maximum Gasteiger partial charge on any atom is 0.321 e. The summed E-state index contributed by atoms with van der Waals surface area (Å²) in [5.74, 6) is 6.59. The van der Waals surface area contributed by atoms with Crippen LogP contribution in [0.4, 0.5) is 10.5 Å². The van der Waals surface area contributed by atoms with Crippen LogP contribution in [0.3, 0.4) is 0 Å². The summed E-state index contributed by atoms with van der Waals surface area (Å²) in [6, 6.07) is 10.3. The molecule has 0 unspecified atom stereocenters. The number of nitrogens with zero attached hydrogens (tertiary/aromatic N) is 3. The first-order valence-corrected chi connectivity index (χ1v) is 12.0. The van der Waals surface area contributed by atoms with Gasteiger partial charge in [-0.2, -0.15) is 0 Å². The Morgan fingerprint density at radius 3 is 2.77 bits per heavy atom. The number of likely N-dealkylation sites (N-methyl/N-ethyl adjacent to an activating group) is 1. The van der Waals surface area contributed by atoms with Crippen LogP contribution in [0, 0.1) is 23.7 Å². The molecule has 184 valence electrons. The van der Waals surface area contributed by atoms with Crippen molar-refractivity contribution in [2.45, 2.75) is 38.8 Å². The van der Waals surface area contributed by atoms with Gasteiger partial charge in [-0.1, -0.05) is 37.0 Å². The van der Waals surface area contributed by atoms with Crippen LogP contribution in [0.25, 0.3) is 0 Å². The van der Waals surface area contributed by atoms with Crippen LogP contribution in [0.5, 0.6) is 5.88 Å². The summed E-state index contributed by atoms with van der Waals surface area (Å²) >= 11 is 0. The van der Waals surface area contributed by atoms with E-state index in [-0.39, 0.29) is 36.4 Å². The number of carbonyl (C=O) groups is 2. The van der Waals surface area contributed by atoms with Crippen LogP contribution < -0.4 is 10.1 Å². The third-order valence-electron chi connectivity index (χ3n) is 6.34. The number of benzene rings is 1. The molecule has 35 heavy (non-hydrogen) atoms. The van der Waals surface area contributed by atoms with Gasteiger partial charge in [0.1, 0.15) is 11.7 Å². The average molecular weight is 477 g/mol. The highest BCUT2D eigenvalue weighted by molar-refractivity contribution is 5.97. The van der Waals surface area contributed by atoms with E-state index in [1.54, 1.807) is 29.1 Å². The van der Waals surface area contributed by atoms with Crippen LogP contribution in [-0.2, 0) is 0 Å². The van der Waals surface area contributed by atoms with Crippen molar-refractivity contribution >= 4 is 17.6 Å². The lowest BCUT2D eigenvalue weighted by Gasteiger charge is -2.37. The monoisotopic (exact) mass is 476 g/mol. The van der Waals surface area contributed by atoms with Crippen LogP contribution in [0.15, 0.2) is 42.6 Å². The number of ether oxygens (including phenoxy) is 1. The van der Waals surface area contributed by atoms with Crippen molar-refractivity contribution in [2.75, 3.05) is 32.1 Å². The predicted octanol–water partition coefficient (Wildman–Crippen LogP) is 3.23. The molecule has 0 bridgehead atoms. The van der Waals surface area contributed by atoms with E-state index in [4.69, 9.17) is 4.74 Å². The summed E-state index contributed by atoms with van der Waals surface area (Å²) < 4.78 is 6.25. The number of nitrogens with one attached hydrogen (secondary N) is 1. The maximum atomic E-state index is 13.5. The number of fused-ring (bicyclic) bond motifs is 1. The fraction of sp³-hybridized carbons (Fsp3) is 0.444. The fourth-order valence-electron chi connectivity index (χ4n) is 3.89. The van der Waals surface area contributed by atoms with Gasteiger partial charge in [-0.15, -0.1) is 0 Å². The highest BCUT2D eigenvalue weighted by atomic mass is 16.5. The van der Waals surface area contributed by atoms with Gasteiger partial charge in [0.2, 0.25) is 5.88 Å². The Morgan fingerprint density at radius 2 is 2.09 bits per heavy atom. The second kappa shape index (κ2) is 10.8. The molecule has 8 nitrogen and oxygen atoms in total. The van der Waals surface area contributed by atoms with Gasteiger partial charge in [-0.05, 0) is 38.0 Å². The van der Waals surface area contributed by atoms with Crippen LogP contribution in [0.2, 0.25) is 0 Å². The van der Waals surface area contributed by atoms with Crippen molar-refractivity contribution in [1.82, 2.24) is 14.8 Å². The molecule has 0 radical (unpaired) electrons. The van der Waals surface area contributed by atoms with Crippen molar-refractivity contribution in [1.29, 1.82) is 0 Å². The number of hydrogen-bond donors (Lipinski definition) is 2. The van der Waals surface area contributed by atoms with E-state index in [1.165, 1.54) is 0 Å². The Hall–Kier alpha value is -3.57. The summed E-state index contributed by atoms with van der Waals surface area (Å²) in [5, 5.41) is 12.7. The molecule has 1 aliphatic heterocycles. The fourth-order valence-corrected chi connectivity index (χ4v) is 3.89. The number of pyridine rings is 1. The summed E-state index contributed by atoms with van der Waals surface area (Å²) in [6.07, 6.45) is 3.43. The summed E-state index contributed by atoms with van der Waals surface area (Å²) in [6.45, 7) is 4.29. The standard InChI is InChI=1S/C27H32N4O4/c1-18-15-31(19(2)17-32)26(33)23-13-21(12-11-20-9-10-20)14-28-25(23)35-24(18)16-30(3)27(34)29-22-7-5-4-6-8-22/h4-8,13-14,18-20,24,32H,9-10,15-17H2,1-3H3,(H,29,34)/t18-,19+,24-/m0/s1. The highest BCUT2D eigenvalue weighted by Crippen LogP contribution is 2.29. The van der Waals surface area contributed by atoms with Crippen LogP contribution in [0.1, 0.15) is 42.6 Å². The summed E-state index contributed by atoms with van der Waals surface area (Å²) in [5.41, 5.74) is 1.69. The summed E-state index contributed by atoms with van der Waals surface area (Å²) in [7, 11) is 1.71. The van der Waals surface area contributed by atoms with Gasteiger partial charge < -0.3 is 25.0 Å². The molecule has 1 aromatic carbocycles. The molecule has 2 aliphatic rings. The lowest BCUT2D eigenvalue weighted by molar-refractivity contribution is 0.0356. The van der Waals surface area contributed by atoms with E-state index in [0.29, 0.717) is 35.8 Å². The minimum Gasteiger partial charge on any atom is -0.472 e. The molecule has 1 saturated carbocycles. The third-order valence-corrected chi connectivity index (χ3v) is 6.34. The van der Waals surface area contributed by atoms with Crippen molar-refractivity contribution in [3.05, 3.63) is 53.7 Å². The van der Waals surface area contributed by atoms with Gasteiger partial charge in [-0.3, -0.25) is 4.79 Å². The SMILES string of the molecule is C[C@H](CO)N1C[C@H](C)[C@H](CN(C)C(=O)Nc2ccccc2)Oc2ncc(C#CC3CC3)cc2C1=O. The first kappa shape index (κ1) is 24.6.